The van der Waals surface area contributed by atoms with Crippen molar-refractivity contribution in [1.82, 2.24) is 4.57 Å². The fourth-order valence-electron chi connectivity index (χ4n) is 2.18. The van der Waals surface area contributed by atoms with Gasteiger partial charge in [-0.3, -0.25) is 4.79 Å². The molecule has 0 spiro atoms. The first kappa shape index (κ1) is 12.6. The van der Waals surface area contributed by atoms with Gasteiger partial charge in [0.25, 0.3) is 0 Å². The SMILES string of the molecule is Cc1c(S(=O)(=O)CC#N)c2n(c1C)CCC(=O)N2. The molecule has 18 heavy (non-hydrogen) atoms. The minimum absolute atomic E-state index is 0.0783. The summed E-state index contributed by atoms with van der Waals surface area (Å²) in [6, 6.07) is 1.65. The second-order valence-corrected chi connectivity index (χ2v) is 6.18. The van der Waals surface area contributed by atoms with Crippen LogP contribution in [0.2, 0.25) is 0 Å². The van der Waals surface area contributed by atoms with Crippen LogP contribution >= 0.6 is 0 Å². The third kappa shape index (κ3) is 1.78. The number of rotatable bonds is 2. The number of amides is 1. The van der Waals surface area contributed by atoms with Gasteiger partial charge in [0.15, 0.2) is 9.84 Å². The summed E-state index contributed by atoms with van der Waals surface area (Å²) in [7, 11) is -3.68. The Morgan fingerprint density at radius 2 is 2.11 bits per heavy atom. The third-order valence-electron chi connectivity index (χ3n) is 3.16. The summed E-state index contributed by atoms with van der Waals surface area (Å²) in [5, 5.41) is 11.2. The van der Waals surface area contributed by atoms with Crippen molar-refractivity contribution in [2.45, 2.75) is 31.7 Å². The van der Waals surface area contributed by atoms with Crippen molar-refractivity contribution in [3.63, 3.8) is 0 Å². The molecule has 6 nitrogen and oxygen atoms in total. The van der Waals surface area contributed by atoms with E-state index < -0.39 is 15.6 Å². The zero-order chi connectivity index (χ0) is 13.5. The first-order valence-corrected chi connectivity index (χ1v) is 7.13. The van der Waals surface area contributed by atoms with Gasteiger partial charge in [-0.1, -0.05) is 0 Å². The van der Waals surface area contributed by atoms with Gasteiger partial charge in [-0.2, -0.15) is 5.26 Å². The first-order chi connectivity index (χ1) is 8.38. The van der Waals surface area contributed by atoms with Gasteiger partial charge >= 0.3 is 0 Å². The molecular weight excluding hydrogens is 254 g/mol. The highest BCUT2D eigenvalue weighted by atomic mass is 32.2. The maximum Gasteiger partial charge on any atom is 0.227 e. The summed E-state index contributed by atoms with van der Waals surface area (Å²) < 4.78 is 25.9. The van der Waals surface area contributed by atoms with E-state index in [1.165, 1.54) is 0 Å². The average Bonchev–Trinajstić information content (AvgIpc) is 2.51. The summed E-state index contributed by atoms with van der Waals surface area (Å²) in [6.07, 6.45) is 0.333. The molecule has 0 aromatic carbocycles. The van der Waals surface area contributed by atoms with Gasteiger partial charge in [0.1, 0.15) is 16.5 Å². The molecular formula is C11H13N3O3S. The zero-order valence-corrected chi connectivity index (χ0v) is 11.0. The van der Waals surface area contributed by atoms with Crippen LogP contribution in [0.4, 0.5) is 5.82 Å². The number of anilines is 1. The van der Waals surface area contributed by atoms with E-state index in [1.54, 1.807) is 17.6 Å². The maximum absolute atomic E-state index is 12.1. The number of hydrogen-bond donors (Lipinski definition) is 1. The molecule has 2 heterocycles. The van der Waals surface area contributed by atoms with Gasteiger partial charge in [0.05, 0.1) is 6.07 Å². The molecule has 0 bridgehead atoms. The lowest BCUT2D eigenvalue weighted by Gasteiger charge is -2.18. The third-order valence-corrected chi connectivity index (χ3v) is 4.79. The minimum Gasteiger partial charge on any atom is -0.330 e. The molecule has 0 radical (unpaired) electrons. The topological polar surface area (TPSA) is 92.0 Å². The Hall–Kier alpha value is -1.81. The lowest BCUT2D eigenvalue weighted by Crippen LogP contribution is -2.24. The second kappa shape index (κ2) is 4.14. The van der Waals surface area contributed by atoms with Gasteiger partial charge < -0.3 is 9.88 Å². The second-order valence-electron chi connectivity index (χ2n) is 4.26. The minimum atomic E-state index is -3.68. The molecule has 0 fully saturated rings. The Morgan fingerprint density at radius 1 is 1.44 bits per heavy atom. The summed E-state index contributed by atoms with van der Waals surface area (Å²) in [4.78, 5) is 11.5. The van der Waals surface area contributed by atoms with Crippen LogP contribution in [0, 0.1) is 25.2 Å². The van der Waals surface area contributed by atoms with Crippen LogP contribution in [-0.2, 0) is 21.2 Å². The number of nitrogens with one attached hydrogen (secondary N) is 1. The van der Waals surface area contributed by atoms with Crippen LogP contribution in [0.1, 0.15) is 17.7 Å². The smallest absolute Gasteiger partial charge is 0.227 e. The van der Waals surface area contributed by atoms with E-state index in [9.17, 15) is 13.2 Å². The first-order valence-electron chi connectivity index (χ1n) is 5.47. The van der Waals surface area contributed by atoms with E-state index in [4.69, 9.17) is 5.26 Å². The van der Waals surface area contributed by atoms with Crippen molar-refractivity contribution in [2.75, 3.05) is 11.1 Å². The number of nitrogens with zero attached hydrogens (tertiary/aromatic N) is 2. The highest BCUT2D eigenvalue weighted by Crippen LogP contribution is 2.33. The van der Waals surface area contributed by atoms with Crippen molar-refractivity contribution in [3.05, 3.63) is 11.3 Å². The molecule has 96 valence electrons. The van der Waals surface area contributed by atoms with Gasteiger partial charge in [0, 0.05) is 18.7 Å². The quantitative estimate of drug-likeness (QED) is 0.855. The van der Waals surface area contributed by atoms with Crippen LogP contribution < -0.4 is 5.32 Å². The molecule has 0 aliphatic carbocycles. The Morgan fingerprint density at radius 3 is 2.72 bits per heavy atom. The molecule has 7 heteroatoms. The lowest BCUT2D eigenvalue weighted by molar-refractivity contribution is -0.116. The van der Waals surface area contributed by atoms with Gasteiger partial charge in [-0.15, -0.1) is 0 Å². The van der Waals surface area contributed by atoms with Crippen molar-refractivity contribution in [1.29, 1.82) is 5.26 Å². The molecule has 0 atom stereocenters. The molecule has 1 aromatic heterocycles. The van der Waals surface area contributed by atoms with E-state index >= 15 is 0 Å². The standard InChI is InChI=1S/C11H13N3O3S/c1-7-8(2)14-5-3-9(15)13-11(14)10(7)18(16,17)6-4-12/h3,5-6H2,1-2H3,(H,13,15). The van der Waals surface area contributed by atoms with E-state index in [0.717, 1.165) is 5.69 Å². The van der Waals surface area contributed by atoms with Crippen LogP contribution in [0.3, 0.4) is 0 Å². The fourth-order valence-corrected chi connectivity index (χ4v) is 3.57. The summed E-state index contributed by atoms with van der Waals surface area (Å²) in [6.45, 7) is 3.97. The van der Waals surface area contributed by atoms with Gasteiger partial charge in [0.2, 0.25) is 5.91 Å². The van der Waals surface area contributed by atoms with Crippen molar-refractivity contribution in [3.8, 4) is 6.07 Å². The summed E-state index contributed by atoms with van der Waals surface area (Å²) in [5.74, 6) is -0.481. The summed E-state index contributed by atoms with van der Waals surface area (Å²) >= 11 is 0. The Labute approximate surface area is 105 Å². The average molecular weight is 267 g/mol. The zero-order valence-electron chi connectivity index (χ0n) is 10.1. The molecule has 1 N–H and O–H groups in total. The number of carbonyl (C=O) groups is 1. The molecule has 1 aromatic rings. The number of fused-ring (bicyclic) bond motifs is 1. The van der Waals surface area contributed by atoms with E-state index in [2.05, 4.69) is 5.32 Å². The lowest BCUT2D eigenvalue weighted by atomic mass is 10.3. The molecule has 1 aliphatic rings. The number of aromatic nitrogens is 1. The number of nitriles is 1. The molecule has 1 amide bonds. The highest BCUT2D eigenvalue weighted by Gasteiger charge is 2.30. The van der Waals surface area contributed by atoms with Crippen LogP contribution in [0.5, 0.6) is 0 Å². The Kier molecular flexibility index (Phi) is 2.91. The summed E-state index contributed by atoms with van der Waals surface area (Å²) in [5.41, 5.74) is 1.41. The van der Waals surface area contributed by atoms with E-state index in [0.29, 0.717) is 24.3 Å². The van der Waals surface area contributed by atoms with Crippen molar-refractivity contribution in [2.24, 2.45) is 0 Å². The fraction of sp³-hybridized carbons (Fsp3) is 0.455. The number of sulfone groups is 1. The maximum atomic E-state index is 12.1. The normalized spacial score (nSPS) is 14.8. The van der Waals surface area contributed by atoms with E-state index in [-0.39, 0.29) is 10.8 Å². The monoisotopic (exact) mass is 267 g/mol. The van der Waals surface area contributed by atoms with E-state index in [1.807, 2.05) is 6.92 Å². The Bertz CT molecular complexity index is 665. The van der Waals surface area contributed by atoms with Crippen molar-refractivity contribution >= 4 is 21.6 Å². The molecule has 2 rings (SSSR count). The molecule has 0 unspecified atom stereocenters. The van der Waals surface area contributed by atoms with Gasteiger partial charge in [-0.05, 0) is 19.4 Å². The predicted molar refractivity (Wildman–Crippen MR) is 64.8 cm³/mol. The van der Waals surface area contributed by atoms with Crippen LogP contribution in [0.25, 0.3) is 0 Å². The van der Waals surface area contributed by atoms with Gasteiger partial charge in [-0.25, -0.2) is 8.42 Å². The molecule has 1 aliphatic heterocycles. The Balaban J connectivity index is 2.70. The largest absolute Gasteiger partial charge is 0.330 e. The molecule has 0 saturated heterocycles. The number of hydrogen-bond acceptors (Lipinski definition) is 4. The predicted octanol–water partition coefficient (Wildman–Crippen LogP) is 0.744. The highest BCUT2D eigenvalue weighted by molar-refractivity contribution is 7.91. The van der Waals surface area contributed by atoms with Crippen molar-refractivity contribution < 1.29 is 13.2 Å². The van der Waals surface area contributed by atoms with Crippen LogP contribution in [0.15, 0.2) is 4.90 Å². The van der Waals surface area contributed by atoms with Crippen LogP contribution in [-0.4, -0.2) is 24.6 Å². The number of carbonyl (C=O) groups excluding carboxylic acids is 1. The molecule has 0 saturated carbocycles.